The Morgan fingerprint density at radius 2 is 1.74 bits per heavy atom. The molecule has 0 unspecified atom stereocenters. The standard InChI is InChI=1S/C21H29NO/c1-5-16(3)22-14-13-19(18-9-7-6-8-10-18)20-12-11-15(2)17(4)21(20)23/h6-12,16,19,22-23H,5,13-14H2,1-4H3/t16-,19-/m1/s1. The molecule has 0 aliphatic rings. The van der Waals surface area contributed by atoms with Gasteiger partial charge in [0.05, 0.1) is 0 Å². The van der Waals surface area contributed by atoms with E-state index in [4.69, 9.17) is 0 Å². The van der Waals surface area contributed by atoms with Crippen molar-refractivity contribution in [3.63, 3.8) is 0 Å². The van der Waals surface area contributed by atoms with E-state index in [2.05, 4.69) is 55.6 Å². The van der Waals surface area contributed by atoms with Gasteiger partial charge in [-0.1, -0.05) is 49.4 Å². The summed E-state index contributed by atoms with van der Waals surface area (Å²) in [5, 5.41) is 14.2. The molecule has 2 heteroatoms. The molecule has 124 valence electrons. The topological polar surface area (TPSA) is 32.3 Å². The predicted octanol–water partition coefficient (Wildman–Crippen LogP) is 4.92. The molecule has 2 aromatic carbocycles. The predicted molar refractivity (Wildman–Crippen MR) is 98.2 cm³/mol. The quantitative estimate of drug-likeness (QED) is 0.760. The molecule has 23 heavy (non-hydrogen) atoms. The summed E-state index contributed by atoms with van der Waals surface area (Å²) < 4.78 is 0. The van der Waals surface area contributed by atoms with E-state index in [0.717, 1.165) is 36.1 Å². The minimum atomic E-state index is 0.215. The van der Waals surface area contributed by atoms with Gasteiger partial charge in [-0.15, -0.1) is 0 Å². The Kier molecular flexibility index (Phi) is 6.23. The number of hydrogen-bond donors (Lipinski definition) is 2. The molecule has 0 bridgehead atoms. The molecular formula is C21H29NO. The maximum Gasteiger partial charge on any atom is 0.122 e. The third-order valence-electron chi connectivity index (χ3n) is 4.85. The second-order valence-corrected chi connectivity index (χ2v) is 6.46. The van der Waals surface area contributed by atoms with Crippen LogP contribution >= 0.6 is 0 Å². The Morgan fingerprint density at radius 3 is 2.39 bits per heavy atom. The molecule has 0 amide bonds. The van der Waals surface area contributed by atoms with Crippen LogP contribution in [0.25, 0.3) is 0 Å². The van der Waals surface area contributed by atoms with Crippen molar-refractivity contribution in [3.8, 4) is 5.75 Å². The first-order chi connectivity index (χ1) is 11.0. The molecule has 0 fully saturated rings. The number of rotatable bonds is 7. The average Bonchev–Trinajstić information content (AvgIpc) is 2.58. The lowest BCUT2D eigenvalue weighted by molar-refractivity contribution is 0.453. The van der Waals surface area contributed by atoms with E-state index >= 15 is 0 Å². The molecule has 0 saturated heterocycles. The van der Waals surface area contributed by atoms with Crippen LogP contribution in [0.5, 0.6) is 5.75 Å². The molecule has 2 nitrogen and oxygen atoms in total. The Labute approximate surface area is 140 Å². The van der Waals surface area contributed by atoms with Crippen LogP contribution in [0.4, 0.5) is 0 Å². The molecule has 0 radical (unpaired) electrons. The van der Waals surface area contributed by atoms with Gasteiger partial charge in [0.15, 0.2) is 0 Å². The fourth-order valence-corrected chi connectivity index (χ4v) is 2.91. The molecule has 0 saturated carbocycles. The van der Waals surface area contributed by atoms with Crippen LogP contribution in [0, 0.1) is 13.8 Å². The fraction of sp³-hybridized carbons (Fsp3) is 0.429. The van der Waals surface area contributed by atoms with E-state index in [-0.39, 0.29) is 5.92 Å². The van der Waals surface area contributed by atoms with Gasteiger partial charge in [-0.2, -0.15) is 0 Å². The van der Waals surface area contributed by atoms with Crippen LogP contribution in [0.1, 0.15) is 54.9 Å². The van der Waals surface area contributed by atoms with Crippen molar-refractivity contribution in [2.75, 3.05) is 6.54 Å². The fourth-order valence-electron chi connectivity index (χ4n) is 2.91. The number of hydrogen-bond acceptors (Lipinski definition) is 2. The second kappa shape index (κ2) is 8.16. The highest BCUT2D eigenvalue weighted by Crippen LogP contribution is 2.36. The van der Waals surface area contributed by atoms with Gasteiger partial charge in [0.2, 0.25) is 0 Å². The Hall–Kier alpha value is -1.80. The molecule has 2 atom stereocenters. The number of aromatic hydroxyl groups is 1. The van der Waals surface area contributed by atoms with Gasteiger partial charge < -0.3 is 10.4 Å². The van der Waals surface area contributed by atoms with Crippen molar-refractivity contribution < 1.29 is 5.11 Å². The summed E-state index contributed by atoms with van der Waals surface area (Å²) in [6, 6.07) is 15.2. The summed E-state index contributed by atoms with van der Waals surface area (Å²) in [6.07, 6.45) is 2.11. The van der Waals surface area contributed by atoms with Gasteiger partial charge in [0.1, 0.15) is 5.75 Å². The summed E-state index contributed by atoms with van der Waals surface area (Å²) in [5.41, 5.74) is 4.41. The van der Waals surface area contributed by atoms with Gasteiger partial charge in [-0.05, 0) is 56.8 Å². The number of phenolic OH excluding ortho intramolecular Hbond substituents is 1. The van der Waals surface area contributed by atoms with Gasteiger partial charge in [0, 0.05) is 17.5 Å². The van der Waals surface area contributed by atoms with Crippen molar-refractivity contribution >= 4 is 0 Å². The highest BCUT2D eigenvalue weighted by atomic mass is 16.3. The van der Waals surface area contributed by atoms with Crippen molar-refractivity contribution in [2.24, 2.45) is 0 Å². The average molecular weight is 311 g/mol. The third kappa shape index (κ3) is 4.35. The van der Waals surface area contributed by atoms with E-state index in [1.165, 1.54) is 5.56 Å². The minimum absolute atomic E-state index is 0.215. The van der Waals surface area contributed by atoms with Gasteiger partial charge >= 0.3 is 0 Å². The van der Waals surface area contributed by atoms with Crippen LogP contribution in [0.2, 0.25) is 0 Å². The van der Waals surface area contributed by atoms with E-state index in [0.29, 0.717) is 11.8 Å². The first-order valence-electron chi connectivity index (χ1n) is 8.62. The normalized spacial score (nSPS) is 13.7. The smallest absolute Gasteiger partial charge is 0.122 e. The highest BCUT2D eigenvalue weighted by molar-refractivity contribution is 5.48. The molecule has 0 heterocycles. The lowest BCUT2D eigenvalue weighted by atomic mass is 9.86. The van der Waals surface area contributed by atoms with E-state index in [1.807, 2.05) is 19.9 Å². The largest absolute Gasteiger partial charge is 0.507 e. The van der Waals surface area contributed by atoms with Gasteiger partial charge in [0.25, 0.3) is 0 Å². The maximum absolute atomic E-state index is 10.6. The van der Waals surface area contributed by atoms with E-state index in [1.54, 1.807) is 0 Å². The first-order valence-corrected chi connectivity index (χ1v) is 8.62. The summed E-state index contributed by atoms with van der Waals surface area (Å²) in [7, 11) is 0. The van der Waals surface area contributed by atoms with E-state index in [9.17, 15) is 5.11 Å². The molecule has 0 aliphatic carbocycles. The van der Waals surface area contributed by atoms with Crippen molar-refractivity contribution in [2.45, 2.75) is 52.5 Å². The van der Waals surface area contributed by atoms with Crippen molar-refractivity contribution in [1.82, 2.24) is 5.32 Å². The SMILES string of the molecule is CC[C@@H](C)NCC[C@H](c1ccccc1)c1ccc(C)c(C)c1O. The molecule has 0 spiro atoms. The molecular weight excluding hydrogens is 282 g/mol. The number of benzene rings is 2. The zero-order valence-electron chi connectivity index (χ0n) is 14.8. The molecule has 0 aliphatic heterocycles. The number of nitrogens with one attached hydrogen (secondary N) is 1. The Balaban J connectivity index is 2.29. The number of aryl methyl sites for hydroxylation is 1. The lowest BCUT2D eigenvalue weighted by Crippen LogP contribution is -2.27. The van der Waals surface area contributed by atoms with Crippen LogP contribution in [-0.2, 0) is 0 Å². The highest BCUT2D eigenvalue weighted by Gasteiger charge is 2.19. The summed E-state index contributed by atoms with van der Waals surface area (Å²) >= 11 is 0. The zero-order valence-corrected chi connectivity index (χ0v) is 14.8. The van der Waals surface area contributed by atoms with Gasteiger partial charge in [-0.25, -0.2) is 0 Å². The van der Waals surface area contributed by atoms with Crippen LogP contribution < -0.4 is 5.32 Å². The zero-order chi connectivity index (χ0) is 16.8. The van der Waals surface area contributed by atoms with Crippen LogP contribution in [0.15, 0.2) is 42.5 Å². The van der Waals surface area contributed by atoms with Crippen molar-refractivity contribution in [3.05, 3.63) is 64.7 Å². The summed E-state index contributed by atoms with van der Waals surface area (Å²) in [6.45, 7) is 9.39. The van der Waals surface area contributed by atoms with Crippen LogP contribution in [0.3, 0.4) is 0 Å². The molecule has 2 N–H and O–H groups in total. The second-order valence-electron chi connectivity index (χ2n) is 6.46. The maximum atomic E-state index is 10.6. The first kappa shape index (κ1) is 17.6. The minimum Gasteiger partial charge on any atom is -0.507 e. The Morgan fingerprint density at radius 1 is 1.04 bits per heavy atom. The summed E-state index contributed by atoms with van der Waals surface area (Å²) in [5.74, 6) is 0.662. The molecule has 0 aromatic heterocycles. The summed E-state index contributed by atoms with van der Waals surface area (Å²) in [4.78, 5) is 0. The van der Waals surface area contributed by atoms with Gasteiger partial charge in [-0.3, -0.25) is 0 Å². The van der Waals surface area contributed by atoms with Crippen molar-refractivity contribution in [1.29, 1.82) is 0 Å². The lowest BCUT2D eigenvalue weighted by Gasteiger charge is -2.22. The molecule has 2 rings (SSSR count). The number of phenols is 1. The third-order valence-corrected chi connectivity index (χ3v) is 4.85. The van der Waals surface area contributed by atoms with Crippen LogP contribution in [-0.4, -0.2) is 17.7 Å². The Bertz CT molecular complexity index is 621. The van der Waals surface area contributed by atoms with E-state index < -0.39 is 0 Å². The molecule has 2 aromatic rings. The monoisotopic (exact) mass is 311 g/mol.